The van der Waals surface area contributed by atoms with Crippen molar-refractivity contribution in [2.45, 2.75) is 25.2 Å². The highest BCUT2D eigenvalue weighted by molar-refractivity contribution is 6.02. The standard InChI is InChI=1S/C15H20N4O2/c1-15(5-4-13(20)18-14(15)21)12-3-2-11(10-17-12)19-8-6-16-7-9-19/h2-3,10,16H,4-9H2,1H3,(H,18,20,21)/t15-/m0/s1. The van der Waals surface area contributed by atoms with Gasteiger partial charge in [-0.1, -0.05) is 0 Å². The maximum atomic E-state index is 12.1. The summed E-state index contributed by atoms with van der Waals surface area (Å²) in [6.07, 6.45) is 2.71. The highest BCUT2D eigenvalue weighted by Crippen LogP contribution is 2.31. The van der Waals surface area contributed by atoms with Gasteiger partial charge in [-0.25, -0.2) is 0 Å². The fourth-order valence-corrected chi connectivity index (χ4v) is 2.87. The average Bonchev–Trinajstić information content (AvgIpc) is 2.52. The second kappa shape index (κ2) is 5.44. The lowest BCUT2D eigenvalue weighted by molar-refractivity contribution is -0.137. The number of nitrogens with one attached hydrogen (secondary N) is 2. The third-order valence-electron chi connectivity index (χ3n) is 4.40. The van der Waals surface area contributed by atoms with Crippen LogP contribution in [-0.2, 0) is 15.0 Å². The van der Waals surface area contributed by atoms with Crippen molar-refractivity contribution in [1.82, 2.24) is 15.6 Å². The van der Waals surface area contributed by atoms with Crippen LogP contribution >= 0.6 is 0 Å². The van der Waals surface area contributed by atoms with Gasteiger partial charge in [0, 0.05) is 32.6 Å². The van der Waals surface area contributed by atoms with E-state index in [9.17, 15) is 9.59 Å². The van der Waals surface area contributed by atoms with Crippen molar-refractivity contribution in [3.05, 3.63) is 24.0 Å². The number of carbonyl (C=O) groups is 2. The van der Waals surface area contributed by atoms with E-state index in [0.717, 1.165) is 37.6 Å². The first-order valence-corrected chi connectivity index (χ1v) is 7.36. The highest BCUT2D eigenvalue weighted by Gasteiger charge is 2.41. The molecule has 3 rings (SSSR count). The maximum absolute atomic E-state index is 12.1. The minimum atomic E-state index is -0.712. The zero-order valence-electron chi connectivity index (χ0n) is 12.2. The first-order valence-electron chi connectivity index (χ1n) is 7.36. The van der Waals surface area contributed by atoms with Crippen molar-refractivity contribution >= 4 is 17.5 Å². The van der Waals surface area contributed by atoms with Gasteiger partial charge in [0.2, 0.25) is 11.8 Å². The first kappa shape index (κ1) is 14.0. The Hall–Kier alpha value is -1.95. The number of nitrogens with zero attached hydrogens (tertiary/aromatic N) is 2. The van der Waals surface area contributed by atoms with Crippen molar-refractivity contribution in [2.75, 3.05) is 31.1 Å². The number of rotatable bonds is 2. The fraction of sp³-hybridized carbons (Fsp3) is 0.533. The van der Waals surface area contributed by atoms with Crippen molar-refractivity contribution in [1.29, 1.82) is 0 Å². The summed E-state index contributed by atoms with van der Waals surface area (Å²) in [4.78, 5) is 30.2. The molecule has 6 nitrogen and oxygen atoms in total. The van der Waals surface area contributed by atoms with E-state index in [4.69, 9.17) is 0 Å². The molecule has 0 radical (unpaired) electrons. The summed E-state index contributed by atoms with van der Waals surface area (Å²) >= 11 is 0. The van der Waals surface area contributed by atoms with Crippen LogP contribution in [0, 0.1) is 0 Å². The largest absolute Gasteiger partial charge is 0.368 e. The number of piperazine rings is 1. The number of anilines is 1. The van der Waals surface area contributed by atoms with Gasteiger partial charge in [0.15, 0.2) is 0 Å². The molecular formula is C15H20N4O2. The van der Waals surface area contributed by atoms with E-state index in [1.807, 2.05) is 25.3 Å². The summed E-state index contributed by atoms with van der Waals surface area (Å²) in [7, 11) is 0. The van der Waals surface area contributed by atoms with Crippen molar-refractivity contribution in [3.63, 3.8) is 0 Å². The summed E-state index contributed by atoms with van der Waals surface area (Å²) < 4.78 is 0. The number of amides is 2. The number of aromatic nitrogens is 1. The molecular weight excluding hydrogens is 268 g/mol. The van der Waals surface area contributed by atoms with Gasteiger partial charge >= 0.3 is 0 Å². The number of hydrogen-bond donors (Lipinski definition) is 2. The van der Waals surface area contributed by atoms with Gasteiger partial charge in [-0.05, 0) is 25.5 Å². The lowest BCUT2D eigenvalue weighted by Crippen LogP contribution is -2.50. The number of piperidine rings is 1. The number of hydrogen-bond acceptors (Lipinski definition) is 5. The van der Waals surface area contributed by atoms with Gasteiger partial charge < -0.3 is 10.2 Å². The van der Waals surface area contributed by atoms with Crippen molar-refractivity contribution in [2.24, 2.45) is 0 Å². The van der Waals surface area contributed by atoms with E-state index >= 15 is 0 Å². The number of pyridine rings is 1. The topological polar surface area (TPSA) is 74.3 Å². The van der Waals surface area contributed by atoms with Crippen LogP contribution in [0.25, 0.3) is 0 Å². The Morgan fingerprint density at radius 3 is 2.62 bits per heavy atom. The minimum Gasteiger partial charge on any atom is -0.368 e. The fourth-order valence-electron chi connectivity index (χ4n) is 2.87. The molecule has 1 aromatic heterocycles. The van der Waals surface area contributed by atoms with Crippen LogP contribution in [0.2, 0.25) is 0 Å². The van der Waals surface area contributed by atoms with Crippen molar-refractivity contribution in [3.8, 4) is 0 Å². The third kappa shape index (κ3) is 2.63. The molecule has 3 heterocycles. The summed E-state index contributed by atoms with van der Waals surface area (Å²) in [5.74, 6) is -0.448. The van der Waals surface area contributed by atoms with E-state index < -0.39 is 5.41 Å². The van der Waals surface area contributed by atoms with Gasteiger partial charge in [0.25, 0.3) is 0 Å². The number of carbonyl (C=O) groups excluding carboxylic acids is 2. The van der Waals surface area contributed by atoms with Crippen LogP contribution < -0.4 is 15.5 Å². The lowest BCUT2D eigenvalue weighted by atomic mass is 9.78. The first-order chi connectivity index (χ1) is 10.1. The second-order valence-electron chi connectivity index (χ2n) is 5.85. The molecule has 2 amide bonds. The molecule has 0 bridgehead atoms. The molecule has 112 valence electrons. The van der Waals surface area contributed by atoms with E-state index in [-0.39, 0.29) is 11.8 Å². The SMILES string of the molecule is C[C@@]1(c2ccc(N3CCNCC3)cn2)CCC(=O)NC1=O. The molecule has 1 aromatic rings. The smallest absolute Gasteiger partial charge is 0.238 e. The third-order valence-corrected chi connectivity index (χ3v) is 4.40. The Morgan fingerprint density at radius 2 is 2.00 bits per heavy atom. The quantitative estimate of drug-likeness (QED) is 0.760. The Balaban J connectivity index is 1.80. The summed E-state index contributed by atoms with van der Waals surface area (Å²) in [5.41, 5.74) is 1.10. The molecule has 0 spiro atoms. The normalized spacial score (nSPS) is 26.6. The van der Waals surface area contributed by atoms with Crippen molar-refractivity contribution < 1.29 is 9.59 Å². The molecule has 2 aliphatic heterocycles. The van der Waals surface area contributed by atoms with Gasteiger partial charge in [0.1, 0.15) is 0 Å². The van der Waals surface area contributed by atoms with Crippen LogP contribution in [0.4, 0.5) is 5.69 Å². The van der Waals surface area contributed by atoms with Crippen LogP contribution in [-0.4, -0.2) is 43.0 Å². The zero-order valence-corrected chi connectivity index (χ0v) is 12.2. The highest BCUT2D eigenvalue weighted by atomic mass is 16.2. The zero-order chi connectivity index (χ0) is 14.9. The summed E-state index contributed by atoms with van der Waals surface area (Å²) in [6, 6.07) is 3.93. The second-order valence-corrected chi connectivity index (χ2v) is 5.85. The minimum absolute atomic E-state index is 0.199. The van der Waals surface area contributed by atoms with E-state index in [1.54, 1.807) is 0 Å². The molecule has 2 fully saturated rings. The van der Waals surface area contributed by atoms with Gasteiger partial charge in [-0.3, -0.25) is 19.9 Å². The Labute approximate surface area is 123 Å². The molecule has 1 atom stereocenters. The molecule has 0 aliphatic carbocycles. The predicted octanol–water partition coefficient (Wildman–Crippen LogP) is 0.186. The summed E-state index contributed by atoms with van der Waals surface area (Å²) in [6.45, 7) is 5.73. The van der Waals surface area contributed by atoms with E-state index in [0.29, 0.717) is 12.8 Å². The summed E-state index contributed by atoms with van der Waals surface area (Å²) in [5, 5.41) is 5.73. The maximum Gasteiger partial charge on any atom is 0.238 e. The Bertz CT molecular complexity index is 551. The average molecular weight is 288 g/mol. The van der Waals surface area contributed by atoms with Gasteiger partial charge in [-0.15, -0.1) is 0 Å². The lowest BCUT2D eigenvalue weighted by Gasteiger charge is -2.32. The molecule has 2 saturated heterocycles. The van der Waals surface area contributed by atoms with Crippen LogP contribution in [0.15, 0.2) is 18.3 Å². The molecule has 21 heavy (non-hydrogen) atoms. The predicted molar refractivity (Wildman–Crippen MR) is 79.1 cm³/mol. The molecule has 0 saturated carbocycles. The monoisotopic (exact) mass is 288 g/mol. The Morgan fingerprint density at radius 1 is 1.24 bits per heavy atom. The molecule has 0 unspecified atom stereocenters. The van der Waals surface area contributed by atoms with E-state index in [2.05, 4.69) is 20.5 Å². The molecule has 2 aliphatic rings. The van der Waals surface area contributed by atoms with Gasteiger partial charge in [0.05, 0.1) is 23.0 Å². The molecule has 2 N–H and O–H groups in total. The number of imide groups is 1. The van der Waals surface area contributed by atoms with Crippen LogP contribution in [0.5, 0.6) is 0 Å². The molecule has 0 aromatic carbocycles. The molecule has 6 heteroatoms. The Kier molecular flexibility index (Phi) is 3.63. The van der Waals surface area contributed by atoms with E-state index in [1.165, 1.54) is 0 Å². The van der Waals surface area contributed by atoms with Crippen LogP contribution in [0.1, 0.15) is 25.5 Å². The van der Waals surface area contributed by atoms with Gasteiger partial charge in [-0.2, -0.15) is 0 Å². The van der Waals surface area contributed by atoms with Crippen LogP contribution in [0.3, 0.4) is 0 Å².